The van der Waals surface area contributed by atoms with E-state index in [1.165, 1.54) is 0 Å². The molecule has 1 unspecified atom stereocenters. The zero-order valence-electron chi connectivity index (χ0n) is 10.9. The third-order valence-corrected chi connectivity index (χ3v) is 2.64. The SMILES string of the molecule is CCCOc1cccc(CCNC(=O)C(C)Cl)c1. The van der Waals surface area contributed by atoms with Crippen LogP contribution in [0.1, 0.15) is 25.8 Å². The summed E-state index contributed by atoms with van der Waals surface area (Å²) >= 11 is 5.66. The van der Waals surface area contributed by atoms with Crippen LogP contribution < -0.4 is 10.1 Å². The molecule has 0 aliphatic carbocycles. The Morgan fingerprint density at radius 3 is 2.94 bits per heavy atom. The Morgan fingerprint density at radius 1 is 1.50 bits per heavy atom. The predicted octanol–water partition coefficient (Wildman–Crippen LogP) is 2.76. The molecular weight excluding hydrogens is 250 g/mol. The van der Waals surface area contributed by atoms with E-state index in [0.717, 1.165) is 30.8 Å². The van der Waals surface area contributed by atoms with E-state index in [1.807, 2.05) is 24.3 Å². The fourth-order valence-corrected chi connectivity index (χ4v) is 1.56. The normalized spacial score (nSPS) is 11.9. The van der Waals surface area contributed by atoms with Gasteiger partial charge in [-0.3, -0.25) is 4.79 Å². The van der Waals surface area contributed by atoms with Crippen molar-refractivity contribution in [3.63, 3.8) is 0 Å². The fraction of sp³-hybridized carbons (Fsp3) is 0.500. The van der Waals surface area contributed by atoms with Crippen molar-refractivity contribution in [3.8, 4) is 5.75 Å². The lowest BCUT2D eigenvalue weighted by Gasteiger charge is -2.08. The number of benzene rings is 1. The van der Waals surface area contributed by atoms with Crippen molar-refractivity contribution < 1.29 is 9.53 Å². The molecule has 1 amide bonds. The molecule has 100 valence electrons. The maximum absolute atomic E-state index is 11.3. The Kier molecular flexibility index (Phi) is 6.58. The molecule has 0 aliphatic heterocycles. The molecule has 0 heterocycles. The molecule has 1 aromatic rings. The van der Waals surface area contributed by atoms with Gasteiger partial charge in [0.1, 0.15) is 11.1 Å². The van der Waals surface area contributed by atoms with Crippen LogP contribution in [0.15, 0.2) is 24.3 Å². The van der Waals surface area contributed by atoms with Gasteiger partial charge in [-0.1, -0.05) is 19.1 Å². The monoisotopic (exact) mass is 269 g/mol. The molecule has 1 atom stereocenters. The van der Waals surface area contributed by atoms with Crippen molar-refractivity contribution in [2.75, 3.05) is 13.2 Å². The zero-order chi connectivity index (χ0) is 13.4. The average Bonchev–Trinajstić information content (AvgIpc) is 2.36. The van der Waals surface area contributed by atoms with Gasteiger partial charge in [-0.25, -0.2) is 0 Å². The quantitative estimate of drug-likeness (QED) is 0.773. The topological polar surface area (TPSA) is 38.3 Å². The van der Waals surface area contributed by atoms with Gasteiger partial charge in [-0.05, 0) is 37.5 Å². The first-order valence-electron chi connectivity index (χ1n) is 6.27. The van der Waals surface area contributed by atoms with Crippen molar-refractivity contribution in [2.45, 2.75) is 32.1 Å². The minimum absolute atomic E-state index is 0.130. The van der Waals surface area contributed by atoms with E-state index in [-0.39, 0.29) is 5.91 Å². The van der Waals surface area contributed by atoms with Gasteiger partial charge in [-0.15, -0.1) is 11.6 Å². The van der Waals surface area contributed by atoms with Crippen LogP contribution in [0.2, 0.25) is 0 Å². The van der Waals surface area contributed by atoms with Crippen LogP contribution in [0, 0.1) is 0 Å². The van der Waals surface area contributed by atoms with Gasteiger partial charge in [-0.2, -0.15) is 0 Å². The maximum Gasteiger partial charge on any atom is 0.237 e. The summed E-state index contributed by atoms with van der Waals surface area (Å²) in [6, 6.07) is 7.94. The minimum Gasteiger partial charge on any atom is -0.494 e. The van der Waals surface area contributed by atoms with Crippen LogP contribution in [0.3, 0.4) is 0 Å². The van der Waals surface area contributed by atoms with Gasteiger partial charge in [0.15, 0.2) is 0 Å². The van der Waals surface area contributed by atoms with Gasteiger partial charge in [0, 0.05) is 6.54 Å². The molecule has 0 spiro atoms. The number of carbonyl (C=O) groups is 1. The van der Waals surface area contributed by atoms with Crippen molar-refractivity contribution in [1.29, 1.82) is 0 Å². The highest BCUT2D eigenvalue weighted by atomic mass is 35.5. The standard InChI is InChI=1S/C14H20ClNO2/c1-3-9-18-13-6-4-5-12(10-13)7-8-16-14(17)11(2)15/h4-6,10-11H,3,7-9H2,1-2H3,(H,16,17). The van der Waals surface area contributed by atoms with Crippen LogP contribution in [-0.2, 0) is 11.2 Å². The molecule has 0 saturated heterocycles. The number of ether oxygens (including phenoxy) is 1. The lowest BCUT2D eigenvalue weighted by molar-refractivity contribution is -0.120. The molecule has 1 N–H and O–H groups in total. The predicted molar refractivity (Wildman–Crippen MR) is 74.3 cm³/mol. The molecule has 0 aromatic heterocycles. The van der Waals surface area contributed by atoms with Gasteiger partial charge in [0.05, 0.1) is 6.61 Å². The van der Waals surface area contributed by atoms with Crippen molar-refractivity contribution in [2.24, 2.45) is 0 Å². The summed E-state index contributed by atoms with van der Waals surface area (Å²) in [5, 5.41) is 2.30. The zero-order valence-corrected chi connectivity index (χ0v) is 11.7. The molecule has 0 saturated carbocycles. The first kappa shape index (κ1) is 14.8. The van der Waals surface area contributed by atoms with E-state index >= 15 is 0 Å². The summed E-state index contributed by atoms with van der Waals surface area (Å²) in [6.45, 7) is 5.06. The molecule has 18 heavy (non-hydrogen) atoms. The summed E-state index contributed by atoms with van der Waals surface area (Å²) in [4.78, 5) is 11.3. The molecular formula is C14H20ClNO2. The molecule has 3 nitrogen and oxygen atoms in total. The first-order valence-corrected chi connectivity index (χ1v) is 6.70. The highest BCUT2D eigenvalue weighted by Crippen LogP contribution is 2.13. The fourth-order valence-electron chi connectivity index (χ4n) is 1.48. The summed E-state index contributed by atoms with van der Waals surface area (Å²) in [6.07, 6.45) is 1.77. The second-order valence-electron chi connectivity index (χ2n) is 4.15. The van der Waals surface area contributed by atoms with E-state index in [4.69, 9.17) is 16.3 Å². The summed E-state index contributed by atoms with van der Waals surface area (Å²) in [5.41, 5.74) is 1.14. The Balaban J connectivity index is 2.40. The van der Waals surface area contributed by atoms with E-state index in [9.17, 15) is 4.79 Å². The lowest BCUT2D eigenvalue weighted by Crippen LogP contribution is -2.31. The highest BCUT2D eigenvalue weighted by molar-refractivity contribution is 6.30. The molecule has 0 radical (unpaired) electrons. The van der Waals surface area contributed by atoms with Crippen LogP contribution in [0.5, 0.6) is 5.75 Å². The molecule has 4 heteroatoms. The van der Waals surface area contributed by atoms with Crippen LogP contribution in [-0.4, -0.2) is 24.4 Å². The van der Waals surface area contributed by atoms with E-state index < -0.39 is 5.38 Å². The van der Waals surface area contributed by atoms with E-state index in [2.05, 4.69) is 12.2 Å². The molecule has 1 aromatic carbocycles. The first-order chi connectivity index (χ1) is 8.63. The van der Waals surface area contributed by atoms with Crippen molar-refractivity contribution in [1.82, 2.24) is 5.32 Å². The molecule has 1 rings (SSSR count). The Morgan fingerprint density at radius 2 is 2.28 bits per heavy atom. The summed E-state index contributed by atoms with van der Waals surface area (Å²) in [7, 11) is 0. The van der Waals surface area contributed by atoms with Gasteiger partial charge < -0.3 is 10.1 Å². The number of hydrogen-bond donors (Lipinski definition) is 1. The minimum atomic E-state index is -0.482. The average molecular weight is 270 g/mol. The van der Waals surface area contributed by atoms with Gasteiger partial charge in [0.2, 0.25) is 5.91 Å². The number of rotatable bonds is 7. The Hall–Kier alpha value is -1.22. The third-order valence-electron chi connectivity index (χ3n) is 2.45. The number of nitrogens with one attached hydrogen (secondary N) is 1. The number of carbonyl (C=O) groups excluding carboxylic acids is 1. The summed E-state index contributed by atoms with van der Waals surface area (Å²) in [5.74, 6) is 0.751. The second kappa shape index (κ2) is 7.98. The van der Waals surface area contributed by atoms with Crippen LogP contribution in [0.4, 0.5) is 0 Å². The number of halogens is 1. The maximum atomic E-state index is 11.3. The summed E-state index contributed by atoms with van der Waals surface area (Å²) < 4.78 is 5.55. The van der Waals surface area contributed by atoms with Crippen molar-refractivity contribution >= 4 is 17.5 Å². The van der Waals surface area contributed by atoms with Gasteiger partial charge in [0.25, 0.3) is 0 Å². The number of amides is 1. The Labute approximate surface area is 113 Å². The van der Waals surface area contributed by atoms with Crippen LogP contribution in [0.25, 0.3) is 0 Å². The lowest BCUT2D eigenvalue weighted by atomic mass is 10.1. The third kappa shape index (κ3) is 5.41. The largest absolute Gasteiger partial charge is 0.494 e. The molecule has 0 fully saturated rings. The number of alkyl halides is 1. The molecule has 0 aliphatic rings. The smallest absolute Gasteiger partial charge is 0.237 e. The van der Waals surface area contributed by atoms with E-state index in [1.54, 1.807) is 6.92 Å². The van der Waals surface area contributed by atoms with Crippen LogP contribution >= 0.6 is 11.6 Å². The van der Waals surface area contributed by atoms with Gasteiger partial charge >= 0.3 is 0 Å². The number of hydrogen-bond acceptors (Lipinski definition) is 2. The highest BCUT2D eigenvalue weighted by Gasteiger charge is 2.07. The Bertz CT molecular complexity index is 380. The van der Waals surface area contributed by atoms with E-state index in [0.29, 0.717) is 6.54 Å². The second-order valence-corrected chi connectivity index (χ2v) is 4.81. The molecule has 0 bridgehead atoms. The van der Waals surface area contributed by atoms with Crippen molar-refractivity contribution in [3.05, 3.63) is 29.8 Å².